The second-order valence-electron chi connectivity index (χ2n) is 6.89. The lowest BCUT2D eigenvalue weighted by Crippen LogP contribution is -2.21. The normalized spacial score (nSPS) is 15.9. The van der Waals surface area contributed by atoms with E-state index >= 15 is 0 Å². The highest BCUT2D eigenvalue weighted by atomic mass is 32.1. The summed E-state index contributed by atoms with van der Waals surface area (Å²) in [5, 5.41) is 13.9. The zero-order valence-corrected chi connectivity index (χ0v) is 16.4. The van der Waals surface area contributed by atoms with Gasteiger partial charge in [0.25, 0.3) is 0 Å². The molecular formula is C21H17F3N2O3S. The summed E-state index contributed by atoms with van der Waals surface area (Å²) < 4.78 is 44.4. The Morgan fingerprint density at radius 2 is 2.10 bits per heavy atom. The number of carboxylic acid groups (broad SMARTS) is 1. The van der Waals surface area contributed by atoms with Crippen LogP contribution in [0, 0.1) is 0 Å². The summed E-state index contributed by atoms with van der Waals surface area (Å²) in [4.78, 5) is 14.7. The van der Waals surface area contributed by atoms with Gasteiger partial charge in [-0.15, -0.1) is 11.3 Å². The molecule has 5 nitrogen and oxygen atoms in total. The molecule has 9 heteroatoms. The number of nitrogens with one attached hydrogen (secondary N) is 1. The predicted molar refractivity (Wildman–Crippen MR) is 107 cm³/mol. The Morgan fingerprint density at radius 3 is 2.83 bits per heavy atom. The molecule has 0 bridgehead atoms. The Hall–Kier alpha value is -3.07. The van der Waals surface area contributed by atoms with Crippen molar-refractivity contribution >= 4 is 23.0 Å². The first-order valence-corrected chi connectivity index (χ1v) is 10.0. The van der Waals surface area contributed by atoms with Gasteiger partial charge in [0.1, 0.15) is 10.6 Å². The molecule has 0 saturated carbocycles. The van der Waals surface area contributed by atoms with E-state index in [9.17, 15) is 23.1 Å². The SMILES string of the molecule is O=C(O)c1ccncc1NC[C@H]1CCOc2cc(-c3csc(C(F)(F)F)c3)ccc21. The van der Waals surface area contributed by atoms with E-state index in [2.05, 4.69) is 10.3 Å². The monoisotopic (exact) mass is 434 g/mol. The minimum atomic E-state index is -4.36. The number of hydrogen-bond donors (Lipinski definition) is 2. The summed E-state index contributed by atoms with van der Waals surface area (Å²) in [5.74, 6) is -0.335. The van der Waals surface area contributed by atoms with Crippen molar-refractivity contribution in [1.82, 2.24) is 4.98 Å². The molecule has 2 N–H and O–H groups in total. The number of rotatable bonds is 5. The Balaban J connectivity index is 1.54. The van der Waals surface area contributed by atoms with E-state index in [1.54, 1.807) is 12.1 Å². The molecule has 156 valence electrons. The highest BCUT2D eigenvalue weighted by molar-refractivity contribution is 7.10. The van der Waals surface area contributed by atoms with Crippen LogP contribution < -0.4 is 10.1 Å². The topological polar surface area (TPSA) is 71.5 Å². The van der Waals surface area contributed by atoms with Crippen LogP contribution in [0.25, 0.3) is 11.1 Å². The smallest absolute Gasteiger partial charge is 0.425 e. The van der Waals surface area contributed by atoms with E-state index in [-0.39, 0.29) is 11.5 Å². The maximum atomic E-state index is 12.9. The highest BCUT2D eigenvalue weighted by Crippen LogP contribution is 2.40. The summed E-state index contributed by atoms with van der Waals surface area (Å²) in [6.45, 7) is 0.956. The van der Waals surface area contributed by atoms with Crippen molar-refractivity contribution in [3.63, 3.8) is 0 Å². The second-order valence-corrected chi connectivity index (χ2v) is 7.80. The van der Waals surface area contributed by atoms with Crippen molar-refractivity contribution in [3.05, 3.63) is 64.1 Å². The number of carboxylic acids is 1. The third kappa shape index (κ3) is 4.11. The molecule has 3 heterocycles. The number of hydrogen-bond acceptors (Lipinski definition) is 5. The van der Waals surface area contributed by atoms with E-state index in [1.807, 2.05) is 6.07 Å². The summed E-state index contributed by atoms with van der Waals surface area (Å²) in [6, 6.07) is 7.99. The highest BCUT2D eigenvalue weighted by Gasteiger charge is 2.32. The molecule has 0 saturated heterocycles. The van der Waals surface area contributed by atoms with E-state index in [0.717, 1.165) is 18.1 Å². The molecule has 1 aliphatic heterocycles. The molecule has 0 unspecified atom stereocenters. The van der Waals surface area contributed by atoms with E-state index in [0.29, 0.717) is 47.1 Å². The van der Waals surface area contributed by atoms with Crippen LogP contribution in [0.3, 0.4) is 0 Å². The van der Waals surface area contributed by atoms with Gasteiger partial charge in [-0.1, -0.05) is 12.1 Å². The minimum Gasteiger partial charge on any atom is -0.493 e. The number of alkyl halides is 3. The summed E-state index contributed by atoms with van der Waals surface area (Å²) in [5.41, 5.74) is 2.68. The Bertz CT molecular complexity index is 1080. The van der Waals surface area contributed by atoms with Gasteiger partial charge in [0, 0.05) is 18.7 Å². The number of pyridine rings is 1. The molecule has 4 rings (SSSR count). The number of fused-ring (bicyclic) bond motifs is 1. The van der Waals surface area contributed by atoms with E-state index in [1.165, 1.54) is 23.8 Å². The molecule has 1 aromatic carbocycles. The second kappa shape index (κ2) is 7.98. The van der Waals surface area contributed by atoms with Crippen molar-refractivity contribution in [2.75, 3.05) is 18.5 Å². The molecule has 0 radical (unpaired) electrons. The van der Waals surface area contributed by atoms with E-state index < -0.39 is 17.0 Å². The molecule has 3 aromatic rings. The number of ether oxygens (including phenoxy) is 1. The molecular weight excluding hydrogens is 417 g/mol. The van der Waals surface area contributed by atoms with Crippen molar-refractivity contribution < 1.29 is 27.8 Å². The first-order valence-electron chi connectivity index (χ1n) is 9.17. The molecule has 30 heavy (non-hydrogen) atoms. The predicted octanol–water partition coefficient (Wildman–Crippen LogP) is 5.51. The van der Waals surface area contributed by atoms with Crippen molar-refractivity contribution in [1.29, 1.82) is 0 Å². The molecule has 0 aliphatic carbocycles. The van der Waals surface area contributed by atoms with Gasteiger partial charge in [0.2, 0.25) is 0 Å². The van der Waals surface area contributed by atoms with Gasteiger partial charge >= 0.3 is 12.1 Å². The van der Waals surface area contributed by atoms with Crippen LogP contribution in [0.1, 0.15) is 33.1 Å². The molecule has 1 aliphatic rings. The maximum Gasteiger partial charge on any atom is 0.425 e. The fraction of sp³-hybridized carbons (Fsp3) is 0.238. The zero-order valence-electron chi connectivity index (χ0n) is 15.6. The molecule has 0 amide bonds. The van der Waals surface area contributed by atoms with Gasteiger partial charge in [-0.2, -0.15) is 13.2 Å². The number of thiophene rings is 1. The minimum absolute atomic E-state index is 0.0675. The number of halogens is 3. The third-order valence-corrected chi connectivity index (χ3v) is 5.95. The van der Waals surface area contributed by atoms with Crippen LogP contribution in [0.15, 0.2) is 48.1 Å². The third-order valence-electron chi connectivity index (χ3n) is 4.98. The van der Waals surface area contributed by atoms with Crippen LogP contribution in [0.5, 0.6) is 5.75 Å². The zero-order chi connectivity index (χ0) is 21.3. The summed E-state index contributed by atoms with van der Waals surface area (Å²) in [6.07, 6.45) is -0.722. The van der Waals surface area contributed by atoms with E-state index in [4.69, 9.17) is 4.74 Å². The van der Waals surface area contributed by atoms with Crippen LogP contribution in [-0.2, 0) is 6.18 Å². The fourth-order valence-corrected chi connectivity index (χ4v) is 4.23. The van der Waals surface area contributed by atoms with Crippen LogP contribution in [-0.4, -0.2) is 29.2 Å². The average molecular weight is 434 g/mol. The standard InChI is InChI=1S/C21H17F3N2O3S/c22-21(23,24)19-8-14(11-30-19)12-1-2-15-13(4-6-29-18(15)7-12)9-26-17-10-25-5-3-16(17)20(27)28/h1-3,5,7-8,10-11,13,26H,4,6,9H2,(H,27,28)/t13-/m1/s1. The van der Waals surface area contributed by atoms with Crippen molar-refractivity contribution in [2.24, 2.45) is 0 Å². The number of nitrogens with zero attached hydrogens (tertiary/aromatic N) is 1. The fourth-order valence-electron chi connectivity index (χ4n) is 3.45. The number of anilines is 1. The number of benzene rings is 1. The van der Waals surface area contributed by atoms with Gasteiger partial charge in [0.05, 0.1) is 24.1 Å². The first-order chi connectivity index (χ1) is 14.3. The molecule has 2 aromatic heterocycles. The Morgan fingerprint density at radius 1 is 1.27 bits per heavy atom. The Labute approximate surface area is 174 Å². The summed E-state index contributed by atoms with van der Waals surface area (Å²) in [7, 11) is 0. The quantitative estimate of drug-likeness (QED) is 0.554. The summed E-state index contributed by atoms with van der Waals surface area (Å²) >= 11 is 0.669. The lowest BCUT2D eigenvalue weighted by atomic mass is 9.91. The molecule has 1 atom stereocenters. The number of aromatic carboxylic acids is 1. The van der Waals surface area contributed by atoms with Gasteiger partial charge in [0.15, 0.2) is 0 Å². The maximum absolute atomic E-state index is 12.9. The van der Waals surface area contributed by atoms with Crippen LogP contribution in [0.4, 0.5) is 18.9 Å². The van der Waals surface area contributed by atoms with Gasteiger partial charge in [-0.25, -0.2) is 4.79 Å². The van der Waals surface area contributed by atoms with Gasteiger partial charge < -0.3 is 15.2 Å². The van der Waals surface area contributed by atoms with Crippen LogP contribution >= 0.6 is 11.3 Å². The Kier molecular flexibility index (Phi) is 5.38. The first kappa shape index (κ1) is 20.2. The number of aromatic nitrogens is 1. The number of carbonyl (C=O) groups is 1. The molecule has 0 fully saturated rings. The van der Waals surface area contributed by atoms with Gasteiger partial charge in [-0.3, -0.25) is 4.98 Å². The molecule has 0 spiro atoms. The van der Waals surface area contributed by atoms with Crippen molar-refractivity contribution in [2.45, 2.75) is 18.5 Å². The van der Waals surface area contributed by atoms with Gasteiger partial charge in [-0.05, 0) is 46.7 Å². The van der Waals surface area contributed by atoms with Crippen LogP contribution in [0.2, 0.25) is 0 Å². The largest absolute Gasteiger partial charge is 0.493 e. The lowest BCUT2D eigenvalue weighted by Gasteiger charge is -2.27. The lowest BCUT2D eigenvalue weighted by molar-refractivity contribution is -0.134. The van der Waals surface area contributed by atoms with Crippen molar-refractivity contribution in [3.8, 4) is 16.9 Å². The average Bonchev–Trinajstić information content (AvgIpc) is 3.23.